The van der Waals surface area contributed by atoms with E-state index in [1.807, 2.05) is 6.07 Å². The van der Waals surface area contributed by atoms with Gasteiger partial charge in [-0.1, -0.05) is 31.7 Å². The summed E-state index contributed by atoms with van der Waals surface area (Å²) < 4.78 is 2.19. The Kier molecular flexibility index (Phi) is 2.27. The lowest BCUT2D eigenvalue weighted by molar-refractivity contribution is -0.708. The van der Waals surface area contributed by atoms with Crippen molar-refractivity contribution < 1.29 is 4.57 Å². The summed E-state index contributed by atoms with van der Waals surface area (Å²) in [4.78, 5) is 3.24. The lowest BCUT2D eigenvalue weighted by Crippen LogP contribution is -2.33. The molecule has 1 N–H and O–H groups in total. The Morgan fingerprint density at radius 2 is 2.15 bits per heavy atom. The summed E-state index contributed by atoms with van der Waals surface area (Å²) in [5, 5.41) is 0.933. The number of rotatable bonds is 2. The summed E-state index contributed by atoms with van der Waals surface area (Å²) in [6, 6.07) is 8.26. The second-order valence-electron chi connectivity index (χ2n) is 3.12. The highest BCUT2D eigenvalue weighted by Gasteiger charge is 2.12. The Hall–Kier alpha value is -0.960. The van der Waals surface area contributed by atoms with Gasteiger partial charge in [-0.25, -0.2) is 9.55 Å². The number of aromatic nitrogens is 2. The van der Waals surface area contributed by atoms with Crippen LogP contribution in [0.5, 0.6) is 0 Å². The van der Waals surface area contributed by atoms with E-state index in [9.17, 15) is 0 Å². The quantitative estimate of drug-likeness (QED) is 0.538. The van der Waals surface area contributed by atoms with E-state index in [4.69, 9.17) is 0 Å². The summed E-state index contributed by atoms with van der Waals surface area (Å²) in [5.41, 5.74) is 2.38. The standard InChI is InChI=1S/C10H12N2S/c1-2-7-12-9-6-4-3-5-8(9)11-10(12)13/h3-6H,2,7H2,1H3,(H,11,13)/p+1. The minimum absolute atomic E-state index is 0.933. The van der Waals surface area contributed by atoms with Crippen LogP contribution in [0.4, 0.5) is 0 Å². The van der Waals surface area contributed by atoms with Crippen LogP contribution in [0.15, 0.2) is 29.4 Å². The Labute approximate surface area is 83.0 Å². The van der Waals surface area contributed by atoms with Crippen molar-refractivity contribution >= 4 is 23.7 Å². The summed E-state index contributed by atoms with van der Waals surface area (Å²) >= 11 is 4.40. The van der Waals surface area contributed by atoms with E-state index in [1.54, 1.807) is 0 Å². The molecule has 0 saturated carbocycles. The predicted octanol–water partition coefficient (Wildman–Crippen LogP) is 2.15. The molecule has 1 heterocycles. The van der Waals surface area contributed by atoms with Crippen LogP contribution in [0.25, 0.3) is 11.0 Å². The highest BCUT2D eigenvalue weighted by molar-refractivity contribution is 7.80. The van der Waals surface area contributed by atoms with Gasteiger partial charge in [-0.15, -0.1) is 0 Å². The normalized spacial score (nSPS) is 10.9. The molecule has 0 bridgehead atoms. The van der Waals surface area contributed by atoms with Crippen LogP contribution in [0.1, 0.15) is 13.3 Å². The number of thiol groups is 1. The topological polar surface area (TPSA) is 19.7 Å². The molecule has 2 nitrogen and oxygen atoms in total. The first kappa shape index (κ1) is 8.63. The first-order chi connectivity index (χ1) is 6.33. The van der Waals surface area contributed by atoms with Crippen LogP contribution in [0.2, 0.25) is 0 Å². The molecule has 0 radical (unpaired) electrons. The number of hydrogen-bond donors (Lipinski definition) is 2. The number of aryl methyl sites for hydroxylation is 1. The number of benzene rings is 1. The maximum atomic E-state index is 4.40. The number of imidazole rings is 1. The van der Waals surface area contributed by atoms with Crippen molar-refractivity contribution in [3.63, 3.8) is 0 Å². The molecule has 68 valence electrons. The number of hydrogen-bond acceptors (Lipinski definition) is 1. The second kappa shape index (κ2) is 3.42. The SMILES string of the molecule is CCC[n+]1c(S)[nH]c2ccccc21. The lowest BCUT2D eigenvalue weighted by atomic mass is 10.3. The maximum absolute atomic E-state index is 4.40. The highest BCUT2D eigenvalue weighted by Crippen LogP contribution is 2.10. The first-order valence-corrected chi connectivity index (χ1v) is 4.97. The van der Waals surface area contributed by atoms with E-state index in [1.165, 1.54) is 5.52 Å². The van der Waals surface area contributed by atoms with Gasteiger partial charge in [0.15, 0.2) is 11.0 Å². The lowest BCUT2D eigenvalue weighted by Gasteiger charge is -1.94. The molecule has 3 heteroatoms. The van der Waals surface area contributed by atoms with Crippen LogP contribution in [-0.2, 0) is 6.54 Å². The van der Waals surface area contributed by atoms with Gasteiger partial charge in [-0.3, -0.25) is 0 Å². The van der Waals surface area contributed by atoms with Crippen LogP contribution in [0, 0.1) is 0 Å². The van der Waals surface area contributed by atoms with Crippen molar-refractivity contribution in [2.45, 2.75) is 25.0 Å². The first-order valence-electron chi connectivity index (χ1n) is 4.52. The van der Waals surface area contributed by atoms with Crippen molar-refractivity contribution in [3.05, 3.63) is 24.3 Å². The van der Waals surface area contributed by atoms with Crippen LogP contribution < -0.4 is 4.57 Å². The largest absolute Gasteiger partial charge is 0.313 e. The molecule has 0 atom stereocenters. The van der Waals surface area contributed by atoms with Gasteiger partial charge >= 0.3 is 5.16 Å². The number of nitrogens with one attached hydrogen (secondary N) is 1. The molecule has 0 aliphatic rings. The van der Waals surface area contributed by atoms with E-state index in [0.717, 1.165) is 23.6 Å². The fourth-order valence-corrected chi connectivity index (χ4v) is 1.89. The van der Waals surface area contributed by atoms with Crippen molar-refractivity contribution in [2.24, 2.45) is 0 Å². The fraction of sp³-hybridized carbons (Fsp3) is 0.300. The molecular formula is C10H13N2S+. The number of aromatic amines is 1. The molecule has 2 aromatic rings. The van der Waals surface area contributed by atoms with E-state index in [0.29, 0.717) is 0 Å². The van der Waals surface area contributed by atoms with Crippen LogP contribution in [0.3, 0.4) is 0 Å². The van der Waals surface area contributed by atoms with Gasteiger partial charge in [-0.05, 0) is 18.6 Å². The van der Waals surface area contributed by atoms with Crippen LogP contribution >= 0.6 is 12.6 Å². The molecule has 13 heavy (non-hydrogen) atoms. The zero-order chi connectivity index (χ0) is 9.26. The van der Waals surface area contributed by atoms with Gasteiger partial charge in [0.1, 0.15) is 0 Å². The van der Waals surface area contributed by atoms with E-state index < -0.39 is 0 Å². The smallest absolute Gasteiger partial charge is 0.231 e. The Morgan fingerprint density at radius 3 is 2.92 bits per heavy atom. The van der Waals surface area contributed by atoms with Gasteiger partial charge < -0.3 is 0 Å². The molecule has 0 aliphatic carbocycles. The molecule has 0 fully saturated rings. The van der Waals surface area contributed by atoms with E-state index >= 15 is 0 Å². The van der Waals surface area contributed by atoms with Gasteiger partial charge in [0.25, 0.3) is 0 Å². The minimum Gasteiger partial charge on any atom is -0.231 e. The highest BCUT2D eigenvalue weighted by atomic mass is 32.1. The summed E-state index contributed by atoms with van der Waals surface area (Å²) in [6.07, 6.45) is 1.13. The second-order valence-corrected chi connectivity index (χ2v) is 3.54. The van der Waals surface area contributed by atoms with Gasteiger partial charge in [0.05, 0.1) is 6.54 Å². The summed E-state index contributed by atoms with van der Waals surface area (Å²) in [5.74, 6) is 0. The third-order valence-electron chi connectivity index (χ3n) is 2.14. The molecular weight excluding hydrogens is 180 g/mol. The van der Waals surface area contributed by atoms with E-state index in [2.05, 4.69) is 47.3 Å². The number of fused-ring (bicyclic) bond motifs is 1. The van der Waals surface area contributed by atoms with Gasteiger partial charge in [-0.2, -0.15) is 0 Å². The van der Waals surface area contributed by atoms with Crippen molar-refractivity contribution in [1.82, 2.24) is 4.98 Å². The number of nitrogens with zero attached hydrogens (tertiary/aromatic N) is 1. The Bertz CT molecular complexity index is 420. The molecule has 1 aromatic carbocycles. The number of para-hydroxylation sites is 2. The molecule has 1 aromatic heterocycles. The van der Waals surface area contributed by atoms with Gasteiger partial charge in [0, 0.05) is 0 Å². The molecule has 0 aliphatic heterocycles. The fourth-order valence-electron chi connectivity index (χ4n) is 1.57. The van der Waals surface area contributed by atoms with Crippen LogP contribution in [-0.4, -0.2) is 4.98 Å². The van der Waals surface area contributed by atoms with Crippen molar-refractivity contribution in [1.29, 1.82) is 0 Å². The monoisotopic (exact) mass is 193 g/mol. The molecule has 0 spiro atoms. The minimum atomic E-state index is 0.933. The third-order valence-corrected chi connectivity index (χ3v) is 2.50. The molecule has 0 unspecified atom stereocenters. The summed E-state index contributed by atoms with van der Waals surface area (Å²) in [6.45, 7) is 3.19. The average Bonchev–Trinajstić information content (AvgIpc) is 2.44. The third kappa shape index (κ3) is 1.44. The zero-order valence-corrected chi connectivity index (χ0v) is 8.51. The molecule has 0 saturated heterocycles. The van der Waals surface area contributed by atoms with Crippen molar-refractivity contribution in [2.75, 3.05) is 0 Å². The van der Waals surface area contributed by atoms with Gasteiger partial charge in [0.2, 0.25) is 0 Å². The van der Waals surface area contributed by atoms with E-state index in [-0.39, 0.29) is 0 Å². The molecule has 0 amide bonds. The predicted molar refractivity (Wildman–Crippen MR) is 56.0 cm³/mol. The average molecular weight is 193 g/mol. The maximum Gasteiger partial charge on any atom is 0.313 e. The summed E-state index contributed by atoms with van der Waals surface area (Å²) in [7, 11) is 0. The Morgan fingerprint density at radius 1 is 1.38 bits per heavy atom. The zero-order valence-electron chi connectivity index (χ0n) is 7.62. The number of H-pyrrole nitrogens is 1. The van der Waals surface area contributed by atoms with Crippen molar-refractivity contribution in [3.8, 4) is 0 Å². The molecule has 2 rings (SSSR count). The Balaban J connectivity index is 2.64.